The number of hydrogen-bond acceptors (Lipinski definition) is 6. The van der Waals surface area contributed by atoms with E-state index in [4.69, 9.17) is 0 Å². The Morgan fingerprint density at radius 3 is 2.47 bits per heavy atom. The highest BCUT2D eigenvalue weighted by atomic mass is 32.2. The number of fused-ring (bicyclic) bond motifs is 2. The van der Waals surface area contributed by atoms with E-state index in [9.17, 15) is 23.6 Å². The maximum Gasteiger partial charge on any atom is 0.308 e. The third-order valence-corrected chi connectivity index (χ3v) is 8.09. The van der Waals surface area contributed by atoms with E-state index in [1.54, 1.807) is 0 Å². The zero-order valence-electron chi connectivity index (χ0n) is 16.4. The third kappa shape index (κ3) is 3.55. The summed E-state index contributed by atoms with van der Waals surface area (Å²) in [5.74, 6) is -2.70. The number of thioether (sulfide) groups is 1. The quantitative estimate of drug-likeness (QED) is 0.573. The average Bonchev–Trinajstić information content (AvgIpc) is 3.24. The molecule has 5 rings (SSSR count). The number of nitrogens with zero attached hydrogens (tertiary/aromatic N) is 1. The van der Waals surface area contributed by atoms with Gasteiger partial charge in [0.05, 0.1) is 10.9 Å². The molecule has 3 aromatic rings. The Hall–Kier alpha value is -3.24. The first kappa shape index (κ1) is 20.7. The monoisotopic (exact) mass is 469 g/mol. The largest absolute Gasteiger partial charge is 0.325 e. The lowest BCUT2D eigenvalue weighted by Crippen LogP contribution is -2.32. The van der Waals surface area contributed by atoms with E-state index >= 15 is 0 Å². The van der Waals surface area contributed by atoms with Crippen molar-refractivity contribution < 1.29 is 18.8 Å². The van der Waals surface area contributed by atoms with Crippen molar-refractivity contribution in [2.45, 2.75) is 22.7 Å². The summed E-state index contributed by atoms with van der Waals surface area (Å²) in [6.45, 7) is -0.260. The molecule has 0 aliphatic carbocycles. The number of halogens is 1. The molecule has 0 spiro atoms. The first-order valence-corrected chi connectivity index (χ1v) is 11.5. The number of amides is 3. The van der Waals surface area contributed by atoms with Gasteiger partial charge in [0.2, 0.25) is 17.7 Å². The molecule has 3 heterocycles. The topological polar surface area (TPSA) is 97.3 Å². The fourth-order valence-electron chi connectivity index (χ4n) is 4.07. The molecule has 2 N–H and O–H groups in total. The van der Waals surface area contributed by atoms with Gasteiger partial charge in [0, 0.05) is 16.5 Å². The number of carbonyl (C=O) groups is 3. The van der Waals surface area contributed by atoms with E-state index in [1.807, 2.05) is 30.3 Å². The molecule has 2 aliphatic rings. The van der Waals surface area contributed by atoms with E-state index in [-0.39, 0.29) is 17.3 Å². The van der Waals surface area contributed by atoms with Crippen LogP contribution in [0.15, 0.2) is 64.4 Å². The van der Waals surface area contributed by atoms with E-state index in [0.717, 1.165) is 28.7 Å². The van der Waals surface area contributed by atoms with Crippen LogP contribution in [0.3, 0.4) is 0 Å². The molecule has 2 aliphatic heterocycles. The fourth-order valence-corrected chi connectivity index (χ4v) is 6.81. The Morgan fingerprint density at radius 1 is 1.03 bits per heavy atom. The summed E-state index contributed by atoms with van der Waals surface area (Å²) in [5, 5.41) is 4.89. The van der Waals surface area contributed by atoms with Gasteiger partial charge in [-0.3, -0.25) is 29.1 Å². The highest BCUT2D eigenvalue weighted by Crippen LogP contribution is 2.51. The number of nitrogens with one attached hydrogen (secondary N) is 2. The van der Waals surface area contributed by atoms with Crippen LogP contribution in [0.2, 0.25) is 0 Å². The van der Waals surface area contributed by atoms with Crippen molar-refractivity contribution >= 4 is 46.5 Å². The highest BCUT2D eigenvalue weighted by Gasteiger charge is 2.52. The van der Waals surface area contributed by atoms with Gasteiger partial charge in [0.1, 0.15) is 17.6 Å². The van der Waals surface area contributed by atoms with Gasteiger partial charge in [0.15, 0.2) is 0 Å². The molecule has 0 unspecified atom stereocenters. The smallest absolute Gasteiger partial charge is 0.308 e. The van der Waals surface area contributed by atoms with Gasteiger partial charge in [0.25, 0.3) is 0 Å². The third-order valence-electron chi connectivity index (χ3n) is 5.48. The summed E-state index contributed by atoms with van der Waals surface area (Å²) in [6, 6.07) is 14.6. The van der Waals surface area contributed by atoms with E-state index < -0.39 is 34.7 Å². The number of rotatable bonds is 4. The van der Waals surface area contributed by atoms with E-state index in [2.05, 4.69) is 10.6 Å². The number of imide groups is 1. The van der Waals surface area contributed by atoms with Gasteiger partial charge in [-0.05, 0) is 29.8 Å². The molecule has 7 nitrogen and oxygen atoms in total. The molecule has 3 amide bonds. The molecular weight excluding hydrogens is 453 g/mol. The highest BCUT2D eigenvalue weighted by molar-refractivity contribution is 8.00. The van der Waals surface area contributed by atoms with Crippen molar-refractivity contribution in [2.75, 3.05) is 5.32 Å². The Morgan fingerprint density at radius 2 is 1.75 bits per heavy atom. The second-order valence-electron chi connectivity index (χ2n) is 7.48. The van der Waals surface area contributed by atoms with Crippen molar-refractivity contribution in [3.05, 3.63) is 80.5 Å². The first-order chi connectivity index (χ1) is 15.4. The van der Waals surface area contributed by atoms with Crippen LogP contribution in [0.5, 0.6) is 0 Å². The summed E-state index contributed by atoms with van der Waals surface area (Å²) in [5.41, 5.74) is 1.24. The summed E-state index contributed by atoms with van der Waals surface area (Å²) in [6.07, 6.45) is 0. The molecule has 1 saturated heterocycles. The first-order valence-electron chi connectivity index (χ1n) is 9.77. The van der Waals surface area contributed by atoms with Crippen molar-refractivity contribution in [2.24, 2.45) is 5.92 Å². The van der Waals surface area contributed by atoms with Crippen molar-refractivity contribution in [3.8, 4) is 0 Å². The van der Waals surface area contributed by atoms with Crippen LogP contribution in [0.1, 0.15) is 16.4 Å². The maximum absolute atomic E-state index is 13.1. The molecular formula is C22H16FN3O4S2. The molecule has 3 atom stereocenters. The SMILES string of the molecule is O=C(Cn1c2c(sc1=O)[C@@H](c1ccccc1)[C@H]1C(=O)NC(=O)[C@H]1S2)Nc1ccc(F)cc1. The molecule has 2 aromatic carbocycles. The van der Waals surface area contributed by atoms with Gasteiger partial charge in [-0.25, -0.2) is 4.39 Å². The summed E-state index contributed by atoms with van der Waals surface area (Å²) < 4.78 is 14.4. The number of benzene rings is 2. The lowest BCUT2D eigenvalue weighted by atomic mass is 9.83. The van der Waals surface area contributed by atoms with E-state index in [0.29, 0.717) is 15.6 Å². The Labute approximate surface area is 189 Å². The number of anilines is 1. The molecule has 1 aromatic heterocycles. The molecule has 0 saturated carbocycles. The second-order valence-corrected chi connectivity index (χ2v) is 9.61. The Balaban J connectivity index is 1.52. The summed E-state index contributed by atoms with van der Waals surface area (Å²) in [4.78, 5) is 50.8. The normalized spacial score (nSPS) is 21.6. The van der Waals surface area contributed by atoms with Crippen LogP contribution < -0.4 is 15.5 Å². The van der Waals surface area contributed by atoms with Gasteiger partial charge in [-0.15, -0.1) is 0 Å². The van der Waals surface area contributed by atoms with Crippen molar-refractivity contribution in [3.63, 3.8) is 0 Å². The molecule has 0 bridgehead atoms. The van der Waals surface area contributed by atoms with Crippen molar-refractivity contribution in [1.82, 2.24) is 9.88 Å². The summed E-state index contributed by atoms with van der Waals surface area (Å²) >= 11 is 2.13. The van der Waals surface area contributed by atoms with Gasteiger partial charge in [-0.2, -0.15) is 0 Å². The number of aromatic nitrogens is 1. The van der Waals surface area contributed by atoms with Crippen LogP contribution in [0.25, 0.3) is 0 Å². The van der Waals surface area contributed by atoms with Crippen LogP contribution in [0, 0.1) is 11.7 Å². The number of hydrogen-bond donors (Lipinski definition) is 2. The van der Waals surface area contributed by atoms with Crippen LogP contribution in [0.4, 0.5) is 10.1 Å². The van der Waals surface area contributed by atoms with Crippen LogP contribution >= 0.6 is 23.1 Å². The minimum absolute atomic E-state index is 0.260. The number of carbonyl (C=O) groups excluding carboxylic acids is 3. The lowest BCUT2D eigenvalue weighted by molar-refractivity contribution is -0.126. The average molecular weight is 470 g/mol. The van der Waals surface area contributed by atoms with Crippen molar-refractivity contribution in [1.29, 1.82) is 0 Å². The minimum Gasteiger partial charge on any atom is -0.325 e. The number of thiazole rings is 1. The van der Waals surface area contributed by atoms with Crippen LogP contribution in [-0.2, 0) is 20.9 Å². The fraction of sp³-hybridized carbons (Fsp3) is 0.182. The van der Waals surface area contributed by atoms with Gasteiger partial charge in [-0.1, -0.05) is 53.4 Å². The van der Waals surface area contributed by atoms with Gasteiger partial charge >= 0.3 is 4.87 Å². The Kier molecular flexibility index (Phi) is 5.18. The molecule has 1 fully saturated rings. The zero-order chi connectivity index (χ0) is 22.4. The van der Waals surface area contributed by atoms with Gasteiger partial charge < -0.3 is 5.32 Å². The Bertz CT molecular complexity index is 1290. The molecule has 10 heteroatoms. The summed E-state index contributed by atoms with van der Waals surface area (Å²) in [7, 11) is 0. The lowest BCUT2D eigenvalue weighted by Gasteiger charge is -2.30. The standard InChI is InChI=1S/C22H16FN3O4S2/c23-12-6-8-13(9-7-12)24-14(27)10-26-21-18(32-22(26)30)15(11-4-2-1-3-5-11)16-17(31-21)20(29)25-19(16)28/h1-9,15-17H,10H2,(H,24,27)(H,25,28,29)/t15-,16+,17-/m0/s1. The minimum atomic E-state index is -0.680. The van der Waals surface area contributed by atoms with E-state index in [1.165, 1.54) is 28.8 Å². The molecule has 162 valence electrons. The zero-order valence-corrected chi connectivity index (χ0v) is 18.0. The predicted molar refractivity (Wildman–Crippen MR) is 118 cm³/mol. The second kappa shape index (κ2) is 8.03. The molecule has 32 heavy (non-hydrogen) atoms. The maximum atomic E-state index is 13.1. The predicted octanol–water partition coefficient (Wildman–Crippen LogP) is 2.57. The molecule has 0 radical (unpaired) electrons. The van der Waals surface area contributed by atoms with Crippen LogP contribution in [-0.4, -0.2) is 27.5 Å².